The molecule has 1 aliphatic carbocycles. The van der Waals surface area contributed by atoms with Crippen molar-refractivity contribution in [2.75, 3.05) is 4.93 Å². The second-order valence-corrected chi connectivity index (χ2v) is 4.81. The van der Waals surface area contributed by atoms with Crippen molar-refractivity contribution in [2.45, 2.75) is 38.5 Å². The Balaban J connectivity index is 0.00000106. The van der Waals surface area contributed by atoms with E-state index in [2.05, 4.69) is 27.6 Å². The molecule has 0 aliphatic heterocycles. The average Bonchev–Trinajstić information content (AvgIpc) is 2.49. The molecule has 0 saturated carbocycles. The molecule has 0 saturated heterocycles. The molecule has 21 heavy (non-hydrogen) atoms. The molecule has 1 N–H and O–H groups in total. The van der Waals surface area contributed by atoms with Crippen LogP contribution in [0.15, 0.2) is 35.9 Å². The Bertz CT molecular complexity index is 526. The molecule has 1 aromatic heterocycles. The van der Waals surface area contributed by atoms with Crippen molar-refractivity contribution >= 4 is 34.2 Å². The fourth-order valence-corrected chi connectivity index (χ4v) is 2.42. The quantitative estimate of drug-likeness (QED) is 0.474. The van der Waals surface area contributed by atoms with E-state index in [1.165, 1.54) is 0 Å². The number of nitrogens with zero attached hydrogens (tertiary/aromatic N) is 1. The maximum Gasteiger partial charge on any atom is 0.170 e. The second kappa shape index (κ2) is 8.92. The SMILES string of the molecule is CCCC(=O)C1=C(O)CC(c2cccnc2)CC1=O.CI. The molecule has 0 bridgehead atoms. The van der Waals surface area contributed by atoms with Crippen molar-refractivity contribution in [3.63, 3.8) is 0 Å². The van der Waals surface area contributed by atoms with Crippen LogP contribution in [0.4, 0.5) is 0 Å². The Morgan fingerprint density at radius 2 is 2.14 bits per heavy atom. The lowest BCUT2D eigenvalue weighted by atomic mass is 9.81. The fraction of sp³-hybridized carbons (Fsp3) is 0.438. The van der Waals surface area contributed by atoms with Gasteiger partial charge in [-0.2, -0.15) is 0 Å². The van der Waals surface area contributed by atoms with E-state index in [0.29, 0.717) is 19.3 Å². The molecule has 5 heteroatoms. The van der Waals surface area contributed by atoms with Crippen LogP contribution in [0, 0.1) is 0 Å². The zero-order valence-electron chi connectivity index (χ0n) is 12.3. The zero-order valence-corrected chi connectivity index (χ0v) is 14.5. The highest BCUT2D eigenvalue weighted by atomic mass is 127. The zero-order chi connectivity index (χ0) is 15.8. The number of hydrogen-bond donors (Lipinski definition) is 1. The lowest BCUT2D eigenvalue weighted by molar-refractivity contribution is -0.122. The summed E-state index contributed by atoms with van der Waals surface area (Å²) >= 11 is 2.15. The van der Waals surface area contributed by atoms with Crippen LogP contribution in [-0.4, -0.2) is 26.6 Å². The van der Waals surface area contributed by atoms with Gasteiger partial charge < -0.3 is 5.11 Å². The van der Waals surface area contributed by atoms with Crippen LogP contribution in [0.3, 0.4) is 0 Å². The van der Waals surface area contributed by atoms with Crippen LogP contribution in [0.1, 0.15) is 44.1 Å². The van der Waals surface area contributed by atoms with E-state index in [0.717, 1.165) is 5.56 Å². The number of hydrogen-bond acceptors (Lipinski definition) is 4. The van der Waals surface area contributed by atoms with Crippen LogP contribution in [0.5, 0.6) is 0 Å². The van der Waals surface area contributed by atoms with E-state index in [4.69, 9.17) is 0 Å². The van der Waals surface area contributed by atoms with Gasteiger partial charge in [0.2, 0.25) is 0 Å². The monoisotopic (exact) mass is 401 g/mol. The number of carbonyl (C=O) groups excluding carboxylic acids is 2. The first-order valence-electron chi connectivity index (χ1n) is 6.89. The number of aliphatic hydroxyl groups excluding tert-OH is 1. The number of alkyl halides is 1. The molecule has 4 nitrogen and oxygen atoms in total. The van der Waals surface area contributed by atoms with Crippen LogP contribution in [0.25, 0.3) is 0 Å². The first-order valence-corrected chi connectivity index (χ1v) is 9.05. The standard InChI is InChI=1S/C15H17NO3.CH3I/c1-2-4-12(17)15-13(18)7-11(8-14(15)19)10-5-3-6-16-9-10;1-2/h3,5-6,9,11,18H,2,4,7-8H2,1H3;1H3. The van der Waals surface area contributed by atoms with Crippen molar-refractivity contribution in [1.29, 1.82) is 0 Å². The van der Waals surface area contributed by atoms with Crippen molar-refractivity contribution in [1.82, 2.24) is 4.98 Å². The summed E-state index contributed by atoms with van der Waals surface area (Å²) in [7, 11) is 0. The highest BCUT2D eigenvalue weighted by molar-refractivity contribution is 14.1. The Labute approximate surface area is 138 Å². The van der Waals surface area contributed by atoms with Gasteiger partial charge in [-0.15, -0.1) is 0 Å². The molecular formula is C16H20INO3. The van der Waals surface area contributed by atoms with Crippen molar-refractivity contribution in [3.05, 3.63) is 41.4 Å². The van der Waals surface area contributed by atoms with Gasteiger partial charge in [-0.1, -0.05) is 35.6 Å². The van der Waals surface area contributed by atoms with E-state index in [9.17, 15) is 14.7 Å². The maximum atomic E-state index is 12.0. The van der Waals surface area contributed by atoms with Gasteiger partial charge in [0.15, 0.2) is 11.6 Å². The third-order valence-electron chi connectivity index (χ3n) is 3.35. The smallest absolute Gasteiger partial charge is 0.170 e. The summed E-state index contributed by atoms with van der Waals surface area (Å²) in [6, 6.07) is 3.69. The fourth-order valence-electron chi connectivity index (χ4n) is 2.42. The number of carbonyl (C=O) groups is 2. The van der Waals surface area contributed by atoms with E-state index in [1.807, 2.05) is 17.9 Å². The van der Waals surface area contributed by atoms with E-state index in [1.54, 1.807) is 18.5 Å². The largest absolute Gasteiger partial charge is 0.511 e. The molecule has 0 fully saturated rings. The van der Waals surface area contributed by atoms with Gasteiger partial charge in [-0.05, 0) is 28.9 Å². The normalized spacial score (nSPS) is 18.0. The minimum Gasteiger partial charge on any atom is -0.511 e. The van der Waals surface area contributed by atoms with Gasteiger partial charge >= 0.3 is 0 Å². The van der Waals surface area contributed by atoms with Gasteiger partial charge in [0, 0.05) is 31.7 Å². The molecule has 1 aliphatic rings. The van der Waals surface area contributed by atoms with Crippen LogP contribution in [0.2, 0.25) is 0 Å². The van der Waals surface area contributed by atoms with Gasteiger partial charge in [0.25, 0.3) is 0 Å². The molecule has 114 valence electrons. The summed E-state index contributed by atoms with van der Waals surface area (Å²) < 4.78 is 0. The molecule has 0 spiro atoms. The third kappa shape index (κ3) is 4.62. The maximum absolute atomic E-state index is 12.0. The Kier molecular flexibility index (Phi) is 7.56. The molecule has 1 aromatic rings. The molecule has 0 radical (unpaired) electrons. The number of pyridine rings is 1. The molecule has 1 unspecified atom stereocenters. The molecular weight excluding hydrogens is 381 g/mol. The predicted octanol–water partition coefficient (Wildman–Crippen LogP) is 3.76. The Hall–Kier alpha value is -1.24. The number of allylic oxidation sites excluding steroid dienone is 2. The number of ketones is 2. The summed E-state index contributed by atoms with van der Waals surface area (Å²) in [5, 5.41) is 9.99. The minimum atomic E-state index is -0.254. The van der Waals surface area contributed by atoms with Crippen molar-refractivity contribution in [3.8, 4) is 0 Å². The first-order chi connectivity index (χ1) is 10.1. The van der Waals surface area contributed by atoms with E-state index in [-0.39, 0.29) is 35.2 Å². The highest BCUT2D eigenvalue weighted by Gasteiger charge is 2.31. The highest BCUT2D eigenvalue weighted by Crippen LogP contribution is 2.33. The van der Waals surface area contributed by atoms with Crippen molar-refractivity contribution < 1.29 is 14.7 Å². The second-order valence-electron chi connectivity index (χ2n) is 4.81. The number of aromatic nitrogens is 1. The topological polar surface area (TPSA) is 67.3 Å². The summed E-state index contributed by atoms with van der Waals surface area (Å²) in [4.78, 5) is 29.8. The summed E-state index contributed by atoms with van der Waals surface area (Å²) in [5.74, 6) is -0.645. The Morgan fingerprint density at radius 3 is 2.67 bits per heavy atom. The van der Waals surface area contributed by atoms with E-state index < -0.39 is 0 Å². The van der Waals surface area contributed by atoms with Gasteiger partial charge in [-0.3, -0.25) is 14.6 Å². The molecule has 0 aromatic carbocycles. The molecule has 0 amide bonds. The number of Topliss-reactive ketones (excluding diaryl/α,β-unsaturated/α-hetero) is 2. The minimum absolute atomic E-state index is 0.0157. The first kappa shape index (κ1) is 17.8. The van der Waals surface area contributed by atoms with Crippen LogP contribution < -0.4 is 0 Å². The van der Waals surface area contributed by atoms with E-state index >= 15 is 0 Å². The molecule has 1 heterocycles. The number of aliphatic hydroxyl groups is 1. The van der Waals surface area contributed by atoms with Crippen LogP contribution in [-0.2, 0) is 9.59 Å². The lowest BCUT2D eigenvalue weighted by Gasteiger charge is -2.22. The average molecular weight is 401 g/mol. The van der Waals surface area contributed by atoms with Gasteiger partial charge in [0.05, 0.1) is 5.57 Å². The Morgan fingerprint density at radius 1 is 1.43 bits per heavy atom. The predicted molar refractivity (Wildman–Crippen MR) is 90.7 cm³/mol. The lowest BCUT2D eigenvalue weighted by Crippen LogP contribution is -2.23. The molecule has 1 atom stereocenters. The van der Waals surface area contributed by atoms with Crippen LogP contribution >= 0.6 is 22.6 Å². The number of rotatable bonds is 4. The third-order valence-corrected chi connectivity index (χ3v) is 3.35. The molecule has 2 rings (SSSR count). The van der Waals surface area contributed by atoms with Crippen molar-refractivity contribution in [2.24, 2.45) is 0 Å². The van der Waals surface area contributed by atoms with Gasteiger partial charge in [0.1, 0.15) is 5.76 Å². The summed E-state index contributed by atoms with van der Waals surface area (Å²) in [6.07, 6.45) is 4.95. The number of halogens is 1. The van der Waals surface area contributed by atoms with Gasteiger partial charge in [-0.25, -0.2) is 0 Å². The summed E-state index contributed by atoms with van der Waals surface area (Å²) in [5.41, 5.74) is 0.936. The summed E-state index contributed by atoms with van der Waals surface area (Å²) in [6.45, 7) is 1.88.